The number of halogens is 1. The molecular formula is C15H20ClNO3. The van der Waals surface area contributed by atoms with Crippen LogP contribution >= 0.6 is 12.4 Å². The lowest BCUT2D eigenvalue weighted by molar-refractivity contribution is -0.153. The van der Waals surface area contributed by atoms with E-state index < -0.39 is 5.41 Å². The zero-order valence-electron chi connectivity index (χ0n) is 11.6. The number of carbonyl (C=O) groups is 2. The van der Waals surface area contributed by atoms with E-state index in [2.05, 4.69) is 5.32 Å². The topological polar surface area (TPSA) is 55.4 Å². The fourth-order valence-corrected chi connectivity index (χ4v) is 2.51. The molecule has 1 aliphatic heterocycles. The van der Waals surface area contributed by atoms with Crippen LogP contribution in [0.1, 0.15) is 30.1 Å². The normalized spacial score (nSPS) is 16.9. The van der Waals surface area contributed by atoms with Gasteiger partial charge >= 0.3 is 5.97 Å². The second kappa shape index (κ2) is 7.41. The number of nitrogens with one attached hydrogen (secondary N) is 1. The van der Waals surface area contributed by atoms with Gasteiger partial charge in [-0.3, -0.25) is 9.59 Å². The van der Waals surface area contributed by atoms with Crippen molar-refractivity contribution in [3.8, 4) is 0 Å². The number of rotatable bonds is 4. The van der Waals surface area contributed by atoms with Crippen molar-refractivity contribution < 1.29 is 14.3 Å². The predicted octanol–water partition coefficient (Wildman–Crippen LogP) is 2.22. The maximum Gasteiger partial charge on any atom is 0.320 e. The molecule has 0 bridgehead atoms. The summed E-state index contributed by atoms with van der Waals surface area (Å²) in [7, 11) is 0. The van der Waals surface area contributed by atoms with Gasteiger partial charge in [-0.15, -0.1) is 12.4 Å². The highest BCUT2D eigenvalue weighted by Gasteiger charge is 2.47. The van der Waals surface area contributed by atoms with Gasteiger partial charge in [0.2, 0.25) is 0 Å². The highest BCUT2D eigenvalue weighted by Crippen LogP contribution is 2.34. The number of carbonyl (C=O) groups excluding carboxylic acids is 2. The van der Waals surface area contributed by atoms with Crippen molar-refractivity contribution in [1.29, 1.82) is 0 Å². The Hall–Kier alpha value is -1.39. The standard InChI is InChI=1S/C15H19NO3.ClH/c1-2-19-14(18)15(8-10-16-11-9-15)13(17)12-6-4-3-5-7-12;/h3-7,16H,2,8-11H2,1H3;1H. The Morgan fingerprint density at radius 1 is 1.20 bits per heavy atom. The lowest BCUT2D eigenvalue weighted by Crippen LogP contribution is -2.48. The maximum absolute atomic E-state index is 12.7. The lowest BCUT2D eigenvalue weighted by atomic mass is 9.73. The minimum Gasteiger partial charge on any atom is -0.465 e. The van der Waals surface area contributed by atoms with Crippen LogP contribution in [0.25, 0.3) is 0 Å². The van der Waals surface area contributed by atoms with E-state index in [0.29, 0.717) is 38.1 Å². The molecule has 5 heteroatoms. The lowest BCUT2D eigenvalue weighted by Gasteiger charge is -2.33. The van der Waals surface area contributed by atoms with Crippen LogP contribution in [0.15, 0.2) is 30.3 Å². The molecule has 0 aromatic heterocycles. The molecule has 20 heavy (non-hydrogen) atoms. The van der Waals surface area contributed by atoms with E-state index in [1.54, 1.807) is 19.1 Å². The highest BCUT2D eigenvalue weighted by atomic mass is 35.5. The summed E-state index contributed by atoms with van der Waals surface area (Å²) < 4.78 is 5.14. The Morgan fingerprint density at radius 2 is 1.80 bits per heavy atom. The number of hydrogen-bond donors (Lipinski definition) is 1. The molecule has 1 saturated heterocycles. The van der Waals surface area contributed by atoms with Crippen LogP contribution in [-0.2, 0) is 9.53 Å². The molecule has 0 unspecified atom stereocenters. The molecule has 1 aromatic carbocycles. The first kappa shape index (κ1) is 16.7. The molecule has 1 aliphatic rings. The predicted molar refractivity (Wildman–Crippen MR) is 79.2 cm³/mol. The zero-order valence-corrected chi connectivity index (χ0v) is 12.4. The average Bonchev–Trinajstić information content (AvgIpc) is 2.48. The monoisotopic (exact) mass is 297 g/mol. The van der Waals surface area contributed by atoms with E-state index in [1.165, 1.54) is 0 Å². The Morgan fingerprint density at radius 3 is 2.35 bits per heavy atom. The summed E-state index contributed by atoms with van der Waals surface area (Å²) in [5.41, 5.74) is -0.430. The molecule has 110 valence electrons. The first-order valence-corrected chi connectivity index (χ1v) is 6.68. The molecule has 0 spiro atoms. The van der Waals surface area contributed by atoms with Crippen LogP contribution < -0.4 is 5.32 Å². The summed E-state index contributed by atoms with van der Waals surface area (Å²) in [6, 6.07) is 8.99. The Kier molecular flexibility index (Phi) is 6.17. The van der Waals surface area contributed by atoms with Gasteiger partial charge in [0, 0.05) is 5.56 Å². The second-order valence-corrected chi connectivity index (χ2v) is 4.75. The molecule has 1 aromatic rings. The van der Waals surface area contributed by atoms with E-state index in [0.717, 1.165) is 0 Å². The number of hydrogen-bond acceptors (Lipinski definition) is 4. The van der Waals surface area contributed by atoms with E-state index >= 15 is 0 Å². The van der Waals surface area contributed by atoms with Crippen molar-refractivity contribution in [1.82, 2.24) is 5.32 Å². The van der Waals surface area contributed by atoms with Crippen LogP contribution in [0.4, 0.5) is 0 Å². The number of ether oxygens (including phenoxy) is 1. The number of Topliss-reactive ketones (excluding diaryl/α,β-unsaturated/α-hetero) is 1. The van der Waals surface area contributed by atoms with Gasteiger partial charge in [-0.25, -0.2) is 0 Å². The SMILES string of the molecule is CCOC(=O)C1(C(=O)c2ccccc2)CCNCC1.Cl. The van der Waals surface area contributed by atoms with Gasteiger partial charge in [0.25, 0.3) is 0 Å². The van der Waals surface area contributed by atoms with Crippen LogP contribution in [0, 0.1) is 5.41 Å². The van der Waals surface area contributed by atoms with Crippen molar-refractivity contribution >= 4 is 24.2 Å². The molecule has 0 atom stereocenters. The smallest absolute Gasteiger partial charge is 0.320 e. The third kappa shape index (κ3) is 3.19. The summed E-state index contributed by atoms with van der Waals surface area (Å²) in [6.45, 7) is 3.39. The van der Waals surface area contributed by atoms with Crippen molar-refractivity contribution in [2.75, 3.05) is 19.7 Å². The Bertz CT molecular complexity index is 455. The van der Waals surface area contributed by atoms with Gasteiger partial charge < -0.3 is 10.1 Å². The maximum atomic E-state index is 12.7. The molecular weight excluding hydrogens is 278 g/mol. The molecule has 2 rings (SSSR count). The molecule has 4 nitrogen and oxygen atoms in total. The summed E-state index contributed by atoms with van der Waals surface area (Å²) in [6.07, 6.45) is 0.999. The number of esters is 1. The average molecular weight is 298 g/mol. The zero-order chi connectivity index (χ0) is 13.7. The van der Waals surface area contributed by atoms with Crippen LogP contribution in [0.3, 0.4) is 0 Å². The quantitative estimate of drug-likeness (QED) is 0.526. The minimum atomic E-state index is -1.01. The largest absolute Gasteiger partial charge is 0.465 e. The summed E-state index contributed by atoms with van der Waals surface area (Å²) in [4.78, 5) is 25.0. The first-order valence-electron chi connectivity index (χ1n) is 6.68. The van der Waals surface area contributed by atoms with Gasteiger partial charge in [-0.2, -0.15) is 0 Å². The fraction of sp³-hybridized carbons (Fsp3) is 0.467. The Labute approximate surface area is 125 Å². The van der Waals surface area contributed by atoms with E-state index in [-0.39, 0.29) is 24.2 Å². The molecule has 1 heterocycles. The third-order valence-corrected chi connectivity index (χ3v) is 3.59. The molecule has 1 fully saturated rings. The molecule has 0 amide bonds. The number of piperidine rings is 1. The summed E-state index contributed by atoms with van der Waals surface area (Å²) >= 11 is 0. The van der Waals surface area contributed by atoms with Gasteiger partial charge in [0.15, 0.2) is 5.78 Å². The van der Waals surface area contributed by atoms with Crippen molar-refractivity contribution in [2.24, 2.45) is 5.41 Å². The fourth-order valence-electron chi connectivity index (χ4n) is 2.51. The summed E-state index contributed by atoms with van der Waals surface area (Å²) in [5.74, 6) is -0.501. The Balaban J connectivity index is 0.00000200. The van der Waals surface area contributed by atoms with E-state index in [4.69, 9.17) is 4.74 Å². The number of benzene rings is 1. The van der Waals surface area contributed by atoms with E-state index in [9.17, 15) is 9.59 Å². The van der Waals surface area contributed by atoms with Crippen molar-refractivity contribution in [3.63, 3.8) is 0 Å². The van der Waals surface area contributed by atoms with E-state index in [1.807, 2.05) is 18.2 Å². The van der Waals surface area contributed by atoms with Crippen LogP contribution in [0.2, 0.25) is 0 Å². The van der Waals surface area contributed by atoms with Gasteiger partial charge in [-0.05, 0) is 32.9 Å². The number of ketones is 1. The summed E-state index contributed by atoms with van der Waals surface area (Å²) in [5, 5.41) is 3.18. The molecule has 0 saturated carbocycles. The van der Waals surface area contributed by atoms with Gasteiger partial charge in [0.05, 0.1) is 6.61 Å². The molecule has 0 radical (unpaired) electrons. The third-order valence-electron chi connectivity index (χ3n) is 3.59. The van der Waals surface area contributed by atoms with Gasteiger partial charge in [0.1, 0.15) is 5.41 Å². The highest BCUT2D eigenvalue weighted by molar-refractivity contribution is 6.12. The second-order valence-electron chi connectivity index (χ2n) is 4.75. The minimum absolute atomic E-state index is 0. The first-order chi connectivity index (χ1) is 9.20. The molecule has 0 aliphatic carbocycles. The van der Waals surface area contributed by atoms with Crippen LogP contribution in [-0.4, -0.2) is 31.4 Å². The van der Waals surface area contributed by atoms with Crippen LogP contribution in [0.5, 0.6) is 0 Å². The van der Waals surface area contributed by atoms with Crippen molar-refractivity contribution in [3.05, 3.63) is 35.9 Å². The van der Waals surface area contributed by atoms with Gasteiger partial charge in [-0.1, -0.05) is 30.3 Å². The van der Waals surface area contributed by atoms with Crippen molar-refractivity contribution in [2.45, 2.75) is 19.8 Å². The molecule has 1 N–H and O–H groups in total.